The number of carbonyl (C=O) groups excluding carboxylic acids is 5. The molecular formula is C22H29NO8. The molecule has 0 saturated heterocycles. The fraction of sp³-hybridized carbons (Fsp3) is 0.545. The molecule has 0 unspecified atom stereocenters. The van der Waals surface area contributed by atoms with E-state index in [0.29, 0.717) is 6.42 Å². The van der Waals surface area contributed by atoms with E-state index in [0.717, 1.165) is 12.2 Å². The average molecular weight is 435 g/mol. The van der Waals surface area contributed by atoms with Gasteiger partial charge in [0.2, 0.25) is 0 Å². The molecule has 170 valence electrons. The molecule has 0 aliphatic rings. The molecular weight excluding hydrogens is 406 g/mol. The number of hydrogen-bond acceptors (Lipinski definition) is 9. The number of ether oxygens (including phenoxy) is 3. The van der Waals surface area contributed by atoms with Gasteiger partial charge in [0, 0.05) is 18.6 Å². The van der Waals surface area contributed by atoms with Gasteiger partial charge in [0.05, 0.1) is 17.9 Å². The molecule has 0 amide bonds. The second kappa shape index (κ2) is 13.1. The van der Waals surface area contributed by atoms with E-state index in [9.17, 15) is 24.0 Å². The van der Waals surface area contributed by atoms with Crippen LogP contribution in [-0.4, -0.2) is 49.3 Å². The Labute approximate surface area is 182 Å². The lowest BCUT2D eigenvalue weighted by Gasteiger charge is -2.31. The topological polar surface area (TPSA) is 137 Å². The molecule has 0 fully saturated rings. The highest BCUT2D eigenvalue weighted by Gasteiger charge is 2.41. The summed E-state index contributed by atoms with van der Waals surface area (Å²) in [5.41, 5.74) is -2.58. The first kappa shape index (κ1) is 27.7. The lowest BCUT2D eigenvalue weighted by Crippen LogP contribution is -2.39. The molecule has 9 heteroatoms. The fourth-order valence-electron chi connectivity index (χ4n) is 2.69. The number of hydrogen-bond donors (Lipinski definition) is 0. The number of Topliss-reactive ketones (excluding diaryl/α,β-unsaturated/α-hetero) is 2. The van der Waals surface area contributed by atoms with Crippen molar-refractivity contribution in [3.63, 3.8) is 0 Å². The largest absolute Gasteiger partial charge is 0.465 e. The number of carbonyl (C=O) groups is 5. The Morgan fingerprint density at radius 1 is 0.903 bits per heavy atom. The molecule has 0 rings (SSSR count). The molecule has 0 radical (unpaired) electrons. The maximum Gasteiger partial charge on any atom is 0.330 e. The predicted molar refractivity (Wildman–Crippen MR) is 109 cm³/mol. The third kappa shape index (κ3) is 8.54. The van der Waals surface area contributed by atoms with E-state index in [-0.39, 0.29) is 39.1 Å². The van der Waals surface area contributed by atoms with E-state index in [1.54, 1.807) is 6.92 Å². The first-order chi connectivity index (χ1) is 14.5. The van der Waals surface area contributed by atoms with Gasteiger partial charge in [-0.05, 0) is 26.7 Å². The van der Waals surface area contributed by atoms with E-state index in [4.69, 9.17) is 19.5 Å². The van der Waals surface area contributed by atoms with Gasteiger partial charge in [0.15, 0.2) is 0 Å². The molecule has 0 saturated carbocycles. The highest BCUT2D eigenvalue weighted by atomic mass is 16.6. The Balaban J connectivity index is 5.28. The van der Waals surface area contributed by atoms with Crippen molar-refractivity contribution in [3.8, 4) is 6.07 Å². The normalized spacial score (nSPS) is 10.9. The highest BCUT2D eigenvalue weighted by molar-refractivity contribution is 6.05. The number of esters is 3. The molecule has 0 aromatic heterocycles. The van der Waals surface area contributed by atoms with Crippen LogP contribution in [0.3, 0.4) is 0 Å². The summed E-state index contributed by atoms with van der Waals surface area (Å²) in [4.78, 5) is 59.2. The second-order valence-electron chi connectivity index (χ2n) is 7.17. The van der Waals surface area contributed by atoms with E-state index < -0.39 is 40.3 Å². The third-order valence-corrected chi connectivity index (χ3v) is 5.15. The molecule has 0 aromatic carbocycles. The molecule has 0 bridgehead atoms. The van der Waals surface area contributed by atoms with Crippen LogP contribution in [0.5, 0.6) is 0 Å². The van der Waals surface area contributed by atoms with Gasteiger partial charge in [-0.2, -0.15) is 5.26 Å². The Bertz CT molecular complexity index is 724. The van der Waals surface area contributed by atoms with Crippen LogP contribution in [0.2, 0.25) is 0 Å². The summed E-state index contributed by atoms with van der Waals surface area (Å²) in [5, 5.41) is 8.99. The van der Waals surface area contributed by atoms with Crippen LogP contribution in [0.4, 0.5) is 0 Å². The van der Waals surface area contributed by atoms with Gasteiger partial charge in [-0.15, -0.1) is 0 Å². The zero-order valence-corrected chi connectivity index (χ0v) is 18.2. The monoisotopic (exact) mass is 435 g/mol. The van der Waals surface area contributed by atoms with Crippen LogP contribution in [0.1, 0.15) is 46.5 Å². The van der Waals surface area contributed by atoms with E-state index >= 15 is 0 Å². The minimum atomic E-state index is -1.56. The summed E-state index contributed by atoms with van der Waals surface area (Å²) in [6.07, 6.45) is 1.49. The lowest BCUT2D eigenvalue weighted by atomic mass is 9.74. The number of nitrogens with zero attached hydrogens (tertiary/aromatic N) is 1. The Morgan fingerprint density at radius 3 is 1.71 bits per heavy atom. The summed E-state index contributed by atoms with van der Waals surface area (Å²) < 4.78 is 15.4. The molecule has 0 aliphatic heterocycles. The number of rotatable bonds is 15. The summed E-state index contributed by atoms with van der Waals surface area (Å²) in [5.74, 6) is -3.09. The summed E-state index contributed by atoms with van der Waals surface area (Å²) in [6, 6.07) is 1.82. The van der Waals surface area contributed by atoms with Crippen molar-refractivity contribution in [2.24, 2.45) is 10.8 Å². The van der Waals surface area contributed by atoms with Crippen LogP contribution in [0.25, 0.3) is 0 Å². The van der Waals surface area contributed by atoms with Crippen LogP contribution in [-0.2, 0) is 38.2 Å². The lowest BCUT2D eigenvalue weighted by molar-refractivity contribution is -0.158. The Kier molecular flexibility index (Phi) is 11.7. The number of nitriles is 1. The molecule has 0 atom stereocenters. The predicted octanol–water partition coefficient (Wildman–Crippen LogP) is 2.24. The van der Waals surface area contributed by atoms with E-state index in [2.05, 4.69) is 13.2 Å². The zero-order chi connectivity index (χ0) is 24.1. The van der Waals surface area contributed by atoms with Crippen molar-refractivity contribution in [1.82, 2.24) is 0 Å². The summed E-state index contributed by atoms with van der Waals surface area (Å²) in [6.45, 7) is 10.1. The minimum Gasteiger partial charge on any atom is -0.465 e. The Hall–Kier alpha value is -3.28. The van der Waals surface area contributed by atoms with Crippen molar-refractivity contribution < 1.29 is 38.2 Å². The van der Waals surface area contributed by atoms with Crippen molar-refractivity contribution in [3.05, 3.63) is 25.3 Å². The molecule has 0 N–H and O–H groups in total. The first-order valence-corrected chi connectivity index (χ1v) is 9.65. The fourth-order valence-corrected chi connectivity index (χ4v) is 2.69. The maximum absolute atomic E-state index is 12.3. The van der Waals surface area contributed by atoms with Gasteiger partial charge in [-0.3, -0.25) is 14.4 Å². The van der Waals surface area contributed by atoms with E-state index in [1.165, 1.54) is 13.8 Å². The third-order valence-electron chi connectivity index (χ3n) is 5.15. The van der Waals surface area contributed by atoms with Crippen LogP contribution in [0, 0.1) is 22.2 Å². The maximum atomic E-state index is 12.3. The second-order valence-corrected chi connectivity index (χ2v) is 7.17. The van der Waals surface area contributed by atoms with Gasteiger partial charge in [0.1, 0.15) is 36.8 Å². The minimum absolute atomic E-state index is 0.167. The molecule has 0 aliphatic carbocycles. The van der Waals surface area contributed by atoms with E-state index in [1.807, 2.05) is 6.07 Å². The van der Waals surface area contributed by atoms with Gasteiger partial charge in [-0.25, -0.2) is 9.59 Å². The summed E-state index contributed by atoms with van der Waals surface area (Å²) in [7, 11) is 0. The Morgan fingerprint density at radius 2 is 1.35 bits per heavy atom. The molecule has 0 spiro atoms. The molecule has 0 aromatic rings. The average Bonchev–Trinajstić information content (AvgIpc) is 2.75. The van der Waals surface area contributed by atoms with Crippen LogP contribution >= 0.6 is 0 Å². The SMILES string of the molecule is C=CC(=O)OCC(CC)(COC(=O)C=C)COC(=O)CCC(CC#N)(C(C)=O)C(C)=O. The summed E-state index contributed by atoms with van der Waals surface area (Å²) >= 11 is 0. The van der Waals surface area contributed by atoms with Crippen molar-refractivity contribution >= 4 is 29.5 Å². The smallest absolute Gasteiger partial charge is 0.330 e. The van der Waals surface area contributed by atoms with Crippen molar-refractivity contribution in [1.29, 1.82) is 5.26 Å². The quantitative estimate of drug-likeness (QED) is 0.164. The first-order valence-electron chi connectivity index (χ1n) is 9.65. The molecule has 31 heavy (non-hydrogen) atoms. The number of ketones is 2. The zero-order valence-electron chi connectivity index (χ0n) is 18.2. The van der Waals surface area contributed by atoms with Gasteiger partial charge < -0.3 is 14.2 Å². The molecule has 9 nitrogen and oxygen atoms in total. The van der Waals surface area contributed by atoms with Crippen molar-refractivity contribution in [2.75, 3.05) is 19.8 Å². The molecule has 0 heterocycles. The van der Waals surface area contributed by atoms with Gasteiger partial charge in [0.25, 0.3) is 0 Å². The highest BCUT2D eigenvalue weighted by Crippen LogP contribution is 2.31. The van der Waals surface area contributed by atoms with Crippen LogP contribution < -0.4 is 0 Å². The van der Waals surface area contributed by atoms with Gasteiger partial charge >= 0.3 is 17.9 Å². The standard InChI is InChI=1S/C22H29NO8/c1-6-18(26)29-13-21(8-3,14-30-19(27)7-2)15-31-20(28)9-10-22(11-12-23,16(4)24)17(5)25/h6-7H,1-2,8-11,13-15H2,3-5H3. The van der Waals surface area contributed by atoms with Crippen molar-refractivity contribution in [2.45, 2.75) is 46.5 Å². The van der Waals surface area contributed by atoms with Crippen LogP contribution in [0.15, 0.2) is 25.3 Å². The van der Waals surface area contributed by atoms with Gasteiger partial charge in [-0.1, -0.05) is 20.1 Å².